The van der Waals surface area contributed by atoms with Gasteiger partial charge in [0.25, 0.3) is 0 Å². The first-order valence-corrected chi connectivity index (χ1v) is 5.23. The van der Waals surface area contributed by atoms with E-state index in [1.165, 1.54) is 18.6 Å². The average Bonchev–Trinajstić information content (AvgIpc) is 2.37. The van der Waals surface area contributed by atoms with Crippen LogP contribution in [0.15, 0.2) is 12.2 Å². The second-order valence-electron chi connectivity index (χ2n) is 3.16. The van der Waals surface area contributed by atoms with Crippen molar-refractivity contribution in [1.29, 1.82) is 0 Å². The van der Waals surface area contributed by atoms with Crippen LogP contribution in [0.1, 0.15) is 25.7 Å². The highest BCUT2D eigenvalue weighted by atomic mass is 32.2. The molecule has 0 bridgehead atoms. The Bertz CT molecular complexity index is 183. The van der Waals surface area contributed by atoms with Gasteiger partial charge in [0.1, 0.15) is 0 Å². The maximum absolute atomic E-state index is 10.3. The predicted molar refractivity (Wildman–Crippen MR) is 51.5 cm³/mol. The molecule has 0 aromatic carbocycles. The summed E-state index contributed by atoms with van der Waals surface area (Å²) in [5, 5.41) is 9.13. The summed E-state index contributed by atoms with van der Waals surface area (Å²) in [6, 6.07) is 0. The standard InChI is InChI=1S/C9H14O2S/c1-7(6-9(10)11)5-8-3-2-4-12-8/h8H,1-6H2,(H,10,11). The Kier molecular flexibility index (Phi) is 3.66. The number of thioether (sulfide) groups is 1. The Morgan fingerprint density at radius 2 is 2.42 bits per heavy atom. The first-order valence-electron chi connectivity index (χ1n) is 4.18. The fraction of sp³-hybridized carbons (Fsp3) is 0.667. The van der Waals surface area contributed by atoms with Gasteiger partial charge in [0.05, 0.1) is 6.42 Å². The van der Waals surface area contributed by atoms with Crippen molar-refractivity contribution in [2.45, 2.75) is 30.9 Å². The normalized spacial score (nSPS) is 22.5. The smallest absolute Gasteiger partial charge is 0.307 e. The molecule has 1 fully saturated rings. The molecule has 12 heavy (non-hydrogen) atoms. The minimum Gasteiger partial charge on any atom is -0.481 e. The maximum atomic E-state index is 10.3. The van der Waals surface area contributed by atoms with E-state index in [0.717, 1.165) is 12.0 Å². The van der Waals surface area contributed by atoms with Crippen LogP contribution in [0, 0.1) is 0 Å². The Morgan fingerprint density at radius 3 is 2.92 bits per heavy atom. The van der Waals surface area contributed by atoms with Gasteiger partial charge in [-0.25, -0.2) is 0 Å². The lowest BCUT2D eigenvalue weighted by Gasteiger charge is -2.08. The van der Waals surface area contributed by atoms with Gasteiger partial charge in [0, 0.05) is 5.25 Å². The van der Waals surface area contributed by atoms with E-state index in [0.29, 0.717) is 5.25 Å². The van der Waals surface area contributed by atoms with E-state index in [1.54, 1.807) is 0 Å². The van der Waals surface area contributed by atoms with Gasteiger partial charge in [-0.05, 0) is 25.0 Å². The quantitative estimate of drug-likeness (QED) is 0.684. The minimum atomic E-state index is -0.761. The lowest BCUT2D eigenvalue weighted by molar-refractivity contribution is -0.136. The molecule has 1 N–H and O–H groups in total. The maximum Gasteiger partial charge on any atom is 0.307 e. The molecule has 1 aliphatic rings. The van der Waals surface area contributed by atoms with Crippen LogP contribution in [0.25, 0.3) is 0 Å². The third kappa shape index (κ3) is 3.30. The number of carbonyl (C=O) groups is 1. The minimum absolute atomic E-state index is 0.136. The van der Waals surface area contributed by atoms with Crippen molar-refractivity contribution < 1.29 is 9.90 Å². The summed E-state index contributed by atoms with van der Waals surface area (Å²) in [6.07, 6.45) is 3.52. The second kappa shape index (κ2) is 4.55. The number of rotatable bonds is 4. The number of carboxylic acid groups (broad SMARTS) is 1. The average molecular weight is 186 g/mol. The topological polar surface area (TPSA) is 37.3 Å². The number of carboxylic acids is 1. The highest BCUT2D eigenvalue weighted by Crippen LogP contribution is 2.31. The second-order valence-corrected chi connectivity index (χ2v) is 4.57. The Morgan fingerprint density at radius 1 is 1.67 bits per heavy atom. The van der Waals surface area contributed by atoms with Crippen molar-refractivity contribution in [2.24, 2.45) is 0 Å². The molecular formula is C9H14O2S. The van der Waals surface area contributed by atoms with E-state index >= 15 is 0 Å². The van der Waals surface area contributed by atoms with E-state index < -0.39 is 5.97 Å². The fourth-order valence-electron chi connectivity index (χ4n) is 1.41. The molecule has 68 valence electrons. The van der Waals surface area contributed by atoms with Crippen LogP contribution in [0.5, 0.6) is 0 Å². The van der Waals surface area contributed by atoms with Crippen molar-refractivity contribution in [3.63, 3.8) is 0 Å². The van der Waals surface area contributed by atoms with Gasteiger partial charge >= 0.3 is 5.97 Å². The molecule has 0 spiro atoms. The highest BCUT2D eigenvalue weighted by molar-refractivity contribution is 8.00. The number of aliphatic carboxylic acids is 1. The summed E-state index contributed by atoms with van der Waals surface area (Å²) >= 11 is 1.94. The first-order chi connectivity index (χ1) is 5.68. The molecule has 0 aromatic heterocycles. The first kappa shape index (κ1) is 9.65. The predicted octanol–water partition coefficient (Wildman–Crippen LogP) is 2.30. The van der Waals surface area contributed by atoms with Crippen LogP contribution in [0.4, 0.5) is 0 Å². The number of hydrogen-bond donors (Lipinski definition) is 1. The van der Waals surface area contributed by atoms with Crippen LogP contribution >= 0.6 is 11.8 Å². The SMILES string of the molecule is C=C(CC(=O)O)CC1CCCS1. The summed E-state index contributed by atoms with van der Waals surface area (Å²) in [5.74, 6) is 0.466. The monoisotopic (exact) mass is 186 g/mol. The van der Waals surface area contributed by atoms with Crippen molar-refractivity contribution >= 4 is 17.7 Å². The Labute approximate surface area is 77.0 Å². The lowest BCUT2D eigenvalue weighted by Crippen LogP contribution is -2.02. The summed E-state index contributed by atoms with van der Waals surface area (Å²) in [6.45, 7) is 3.76. The largest absolute Gasteiger partial charge is 0.481 e. The molecular weight excluding hydrogens is 172 g/mol. The Balaban J connectivity index is 2.20. The summed E-state index contributed by atoms with van der Waals surface area (Å²) in [7, 11) is 0. The molecule has 1 aliphatic heterocycles. The summed E-state index contributed by atoms with van der Waals surface area (Å²) in [5.41, 5.74) is 0.863. The van der Waals surface area contributed by atoms with Crippen molar-refractivity contribution in [3.05, 3.63) is 12.2 Å². The molecule has 0 saturated carbocycles. The van der Waals surface area contributed by atoms with E-state index in [4.69, 9.17) is 5.11 Å². The lowest BCUT2D eigenvalue weighted by atomic mass is 10.1. The van der Waals surface area contributed by atoms with Crippen molar-refractivity contribution in [3.8, 4) is 0 Å². The Hall–Kier alpha value is -0.440. The third-order valence-electron chi connectivity index (χ3n) is 1.94. The molecule has 0 amide bonds. The summed E-state index contributed by atoms with van der Waals surface area (Å²) in [4.78, 5) is 10.3. The van der Waals surface area contributed by atoms with Gasteiger partial charge in [0.15, 0.2) is 0 Å². The van der Waals surface area contributed by atoms with Crippen molar-refractivity contribution in [2.75, 3.05) is 5.75 Å². The van der Waals surface area contributed by atoms with E-state index in [-0.39, 0.29) is 6.42 Å². The van der Waals surface area contributed by atoms with E-state index in [2.05, 4.69) is 6.58 Å². The van der Waals surface area contributed by atoms with Crippen LogP contribution in [-0.4, -0.2) is 22.1 Å². The zero-order valence-electron chi connectivity index (χ0n) is 7.08. The molecule has 0 aromatic rings. The number of hydrogen-bond acceptors (Lipinski definition) is 2. The molecule has 1 atom stereocenters. The summed E-state index contributed by atoms with van der Waals surface area (Å²) < 4.78 is 0. The van der Waals surface area contributed by atoms with Crippen LogP contribution in [0.2, 0.25) is 0 Å². The highest BCUT2D eigenvalue weighted by Gasteiger charge is 2.16. The zero-order valence-corrected chi connectivity index (χ0v) is 7.90. The molecule has 0 radical (unpaired) electrons. The van der Waals surface area contributed by atoms with Crippen LogP contribution in [0.3, 0.4) is 0 Å². The molecule has 0 aliphatic carbocycles. The van der Waals surface area contributed by atoms with Crippen LogP contribution < -0.4 is 0 Å². The molecule has 2 nitrogen and oxygen atoms in total. The van der Waals surface area contributed by atoms with Gasteiger partial charge in [-0.2, -0.15) is 11.8 Å². The zero-order chi connectivity index (χ0) is 8.97. The van der Waals surface area contributed by atoms with Crippen molar-refractivity contribution in [1.82, 2.24) is 0 Å². The molecule has 1 unspecified atom stereocenters. The van der Waals surface area contributed by atoms with E-state index in [1.807, 2.05) is 11.8 Å². The van der Waals surface area contributed by atoms with Gasteiger partial charge in [-0.1, -0.05) is 12.2 Å². The molecule has 3 heteroatoms. The van der Waals surface area contributed by atoms with E-state index in [9.17, 15) is 4.79 Å². The molecule has 1 heterocycles. The molecule has 1 rings (SSSR count). The van der Waals surface area contributed by atoms with Crippen LogP contribution in [-0.2, 0) is 4.79 Å². The third-order valence-corrected chi connectivity index (χ3v) is 3.34. The molecule has 1 saturated heterocycles. The van der Waals surface area contributed by atoms with Gasteiger partial charge in [0.2, 0.25) is 0 Å². The van der Waals surface area contributed by atoms with Gasteiger partial charge in [-0.3, -0.25) is 4.79 Å². The fourth-order valence-corrected chi connectivity index (χ4v) is 2.77. The van der Waals surface area contributed by atoms with Gasteiger partial charge < -0.3 is 5.11 Å². The van der Waals surface area contributed by atoms with Gasteiger partial charge in [-0.15, -0.1) is 0 Å².